The number of benzene rings is 2. The van der Waals surface area contributed by atoms with Crippen LogP contribution < -0.4 is 10.1 Å². The van der Waals surface area contributed by atoms with Crippen LogP contribution in [0.3, 0.4) is 0 Å². The number of carbonyl (C=O) groups is 2. The van der Waals surface area contributed by atoms with Gasteiger partial charge in [0.25, 0.3) is 11.8 Å². The van der Waals surface area contributed by atoms with E-state index in [9.17, 15) is 9.59 Å². The molecule has 2 heterocycles. The number of nitrogens with zero attached hydrogens (tertiary/aromatic N) is 2. The zero-order valence-corrected chi connectivity index (χ0v) is 22.1. The van der Waals surface area contributed by atoms with Crippen molar-refractivity contribution in [3.05, 3.63) is 70.4 Å². The first-order valence-corrected chi connectivity index (χ1v) is 13.4. The van der Waals surface area contributed by atoms with Crippen molar-refractivity contribution in [1.29, 1.82) is 0 Å². The quantitative estimate of drug-likeness (QED) is 0.492. The van der Waals surface area contributed by atoms with Gasteiger partial charge < -0.3 is 15.0 Å². The van der Waals surface area contributed by atoms with Crippen molar-refractivity contribution in [1.82, 2.24) is 15.2 Å². The van der Waals surface area contributed by atoms with Gasteiger partial charge in [0.05, 0.1) is 23.0 Å². The van der Waals surface area contributed by atoms with Crippen LogP contribution in [0.5, 0.6) is 5.75 Å². The van der Waals surface area contributed by atoms with E-state index in [0.717, 1.165) is 40.4 Å². The maximum absolute atomic E-state index is 14.0. The molecule has 5 rings (SSSR count). The van der Waals surface area contributed by atoms with E-state index < -0.39 is 0 Å². The first-order valence-electron chi connectivity index (χ1n) is 12.6. The highest BCUT2D eigenvalue weighted by molar-refractivity contribution is 7.15. The van der Waals surface area contributed by atoms with Crippen molar-refractivity contribution >= 4 is 23.2 Å². The predicted octanol–water partition coefficient (Wildman–Crippen LogP) is 5.35. The third-order valence-corrected chi connectivity index (χ3v) is 8.61. The van der Waals surface area contributed by atoms with E-state index in [1.165, 1.54) is 0 Å². The number of amides is 2. The lowest BCUT2D eigenvalue weighted by molar-refractivity contribution is 0.0692. The lowest BCUT2D eigenvalue weighted by Crippen LogP contribution is -2.46. The summed E-state index contributed by atoms with van der Waals surface area (Å²) < 4.78 is 5.27. The summed E-state index contributed by atoms with van der Waals surface area (Å²) in [7, 11) is 1.59. The molecule has 0 spiro atoms. The topological polar surface area (TPSA) is 71.5 Å². The number of ether oxygens (including phenoxy) is 1. The predicted molar refractivity (Wildman–Crippen MR) is 143 cm³/mol. The van der Waals surface area contributed by atoms with Crippen molar-refractivity contribution in [3.8, 4) is 16.2 Å². The number of rotatable bonds is 6. The normalized spacial score (nSPS) is 22.9. The van der Waals surface area contributed by atoms with Gasteiger partial charge in [-0.2, -0.15) is 0 Å². The van der Waals surface area contributed by atoms with Crippen LogP contribution in [0.25, 0.3) is 10.4 Å². The van der Waals surface area contributed by atoms with Gasteiger partial charge in [-0.05, 0) is 68.2 Å². The minimum Gasteiger partial charge on any atom is -0.497 e. The van der Waals surface area contributed by atoms with E-state index in [0.29, 0.717) is 41.3 Å². The maximum atomic E-state index is 14.0. The van der Waals surface area contributed by atoms with Crippen LogP contribution in [0.2, 0.25) is 0 Å². The van der Waals surface area contributed by atoms with Crippen molar-refractivity contribution in [2.24, 2.45) is 17.8 Å². The molecule has 36 heavy (non-hydrogen) atoms. The van der Waals surface area contributed by atoms with E-state index in [1.54, 1.807) is 30.6 Å². The Labute approximate surface area is 216 Å². The molecule has 2 fully saturated rings. The zero-order chi connectivity index (χ0) is 25.4. The number of fused-ring (bicyclic) bond motifs is 1. The summed E-state index contributed by atoms with van der Waals surface area (Å²) >= 11 is 1.57. The minimum atomic E-state index is -0.152. The second-order valence-electron chi connectivity index (χ2n) is 10.2. The fourth-order valence-corrected chi connectivity index (χ4v) is 6.90. The molecular weight excluding hydrogens is 470 g/mol. The number of methoxy groups -OCH3 is 1. The Morgan fingerprint density at radius 1 is 1.14 bits per heavy atom. The number of nitrogens with one attached hydrogen (secondary N) is 1. The van der Waals surface area contributed by atoms with Crippen LogP contribution in [0.4, 0.5) is 0 Å². The summed E-state index contributed by atoms with van der Waals surface area (Å²) in [6, 6.07) is 15.3. The van der Waals surface area contributed by atoms with Crippen LogP contribution >= 0.6 is 11.3 Å². The molecule has 3 aromatic rings. The van der Waals surface area contributed by atoms with Crippen LogP contribution in [0.15, 0.2) is 48.5 Å². The first kappa shape index (κ1) is 24.5. The molecule has 7 heteroatoms. The van der Waals surface area contributed by atoms with Gasteiger partial charge in [0, 0.05) is 18.7 Å². The number of carbonyl (C=O) groups excluding carboxylic acids is 2. The first-order chi connectivity index (χ1) is 17.3. The van der Waals surface area contributed by atoms with Gasteiger partial charge in [0.1, 0.15) is 11.4 Å². The van der Waals surface area contributed by atoms with Crippen molar-refractivity contribution in [3.63, 3.8) is 0 Å². The van der Waals surface area contributed by atoms with Gasteiger partial charge in [-0.1, -0.05) is 42.8 Å². The molecule has 1 aliphatic carbocycles. The average molecular weight is 504 g/mol. The molecule has 1 saturated heterocycles. The number of hydrogen-bond acceptors (Lipinski definition) is 5. The Balaban J connectivity index is 1.40. The molecule has 1 aliphatic heterocycles. The second kappa shape index (κ2) is 10.1. The van der Waals surface area contributed by atoms with Gasteiger partial charge in [-0.3, -0.25) is 9.59 Å². The third-order valence-electron chi connectivity index (χ3n) is 7.59. The van der Waals surface area contributed by atoms with Gasteiger partial charge in [-0.15, -0.1) is 11.3 Å². The molecule has 6 nitrogen and oxygen atoms in total. The van der Waals surface area contributed by atoms with Gasteiger partial charge in [-0.25, -0.2) is 4.98 Å². The SMILES string of the molecule is COc1cccc(C(=O)NC[C@@H]2[C@H]3CC(C)C[C@H]3CN2C(=O)c2nc(C)sc2-c2cccc(C)c2)c1. The average Bonchev–Trinajstić information content (AvgIpc) is 3.54. The molecule has 0 radical (unpaired) electrons. The molecule has 2 amide bonds. The highest BCUT2D eigenvalue weighted by atomic mass is 32.1. The molecular formula is C29H33N3O3S. The molecule has 2 aliphatic rings. The highest BCUT2D eigenvalue weighted by Gasteiger charge is 2.48. The Bertz CT molecular complexity index is 1290. The Morgan fingerprint density at radius 2 is 1.94 bits per heavy atom. The van der Waals surface area contributed by atoms with Crippen LogP contribution in [0, 0.1) is 31.6 Å². The summed E-state index contributed by atoms with van der Waals surface area (Å²) in [5, 5.41) is 3.99. The highest BCUT2D eigenvalue weighted by Crippen LogP contribution is 2.46. The van der Waals surface area contributed by atoms with Crippen molar-refractivity contribution in [2.75, 3.05) is 20.2 Å². The van der Waals surface area contributed by atoms with Crippen molar-refractivity contribution in [2.45, 2.75) is 39.7 Å². The third kappa shape index (κ3) is 4.76. The number of hydrogen-bond donors (Lipinski definition) is 1. The smallest absolute Gasteiger partial charge is 0.274 e. The van der Waals surface area contributed by atoms with Gasteiger partial charge in [0.2, 0.25) is 0 Å². The Hall–Kier alpha value is -3.19. The summed E-state index contributed by atoms with van der Waals surface area (Å²) in [4.78, 5) is 34.6. The van der Waals surface area contributed by atoms with E-state index in [-0.39, 0.29) is 17.9 Å². The summed E-state index contributed by atoms with van der Waals surface area (Å²) in [5.74, 6) is 1.95. The van der Waals surface area contributed by atoms with Crippen molar-refractivity contribution < 1.29 is 14.3 Å². The molecule has 4 atom stereocenters. The maximum Gasteiger partial charge on any atom is 0.274 e. The number of likely N-dealkylation sites (tertiary alicyclic amines) is 1. The standard InChI is InChI=1S/C29H33N3O3S/c1-17-7-5-8-20(11-17)27-26(31-19(3)36-27)29(34)32-16-22-12-18(2)13-24(22)25(32)15-30-28(33)21-9-6-10-23(14-21)35-4/h5-11,14,18,22,24-25H,12-13,15-16H2,1-4H3,(H,30,33)/t18?,22-,24-,25+/m0/s1. The second-order valence-corrected chi connectivity index (χ2v) is 11.5. The molecule has 1 aromatic heterocycles. The number of thiazole rings is 1. The Kier molecular flexibility index (Phi) is 6.84. The molecule has 2 aromatic carbocycles. The monoisotopic (exact) mass is 503 g/mol. The fourth-order valence-electron chi connectivity index (χ4n) is 5.99. The van der Waals surface area contributed by atoms with Crippen LogP contribution in [-0.4, -0.2) is 47.9 Å². The van der Waals surface area contributed by atoms with Crippen LogP contribution in [-0.2, 0) is 0 Å². The van der Waals surface area contributed by atoms with E-state index in [4.69, 9.17) is 9.72 Å². The molecule has 1 saturated carbocycles. The van der Waals surface area contributed by atoms with E-state index in [1.807, 2.05) is 36.1 Å². The Morgan fingerprint density at radius 3 is 2.72 bits per heavy atom. The summed E-state index contributed by atoms with van der Waals surface area (Å²) in [6.45, 7) is 7.45. The van der Waals surface area contributed by atoms with Gasteiger partial charge in [0.15, 0.2) is 0 Å². The fraction of sp³-hybridized carbons (Fsp3) is 0.414. The molecule has 188 valence electrons. The van der Waals surface area contributed by atoms with Crippen LogP contribution in [0.1, 0.15) is 51.2 Å². The molecule has 0 bridgehead atoms. The number of aryl methyl sites for hydroxylation is 2. The lowest BCUT2D eigenvalue weighted by atomic mass is 9.93. The zero-order valence-electron chi connectivity index (χ0n) is 21.3. The molecule has 1 unspecified atom stereocenters. The minimum absolute atomic E-state index is 0.0291. The number of aromatic nitrogens is 1. The van der Waals surface area contributed by atoms with Gasteiger partial charge >= 0.3 is 0 Å². The van der Waals surface area contributed by atoms with E-state index >= 15 is 0 Å². The largest absolute Gasteiger partial charge is 0.497 e. The summed E-state index contributed by atoms with van der Waals surface area (Å²) in [6.07, 6.45) is 2.20. The molecule has 1 N–H and O–H groups in total. The van der Waals surface area contributed by atoms with E-state index in [2.05, 4.69) is 31.3 Å². The lowest BCUT2D eigenvalue weighted by Gasteiger charge is -2.28. The summed E-state index contributed by atoms with van der Waals surface area (Å²) in [5.41, 5.74) is 3.26.